The number of piperidine rings is 1. The number of ether oxygens (including phenoxy) is 1. The van der Waals surface area contributed by atoms with E-state index < -0.39 is 0 Å². The third-order valence-corrected chi connectivity index (χ3v) is 3.85. The van der Waals surface area contributed by atoms with E-state index in [4.69, 9.17) is 9.15 Å². The standard InChI is InChI=1S/C16H28N2O2/c1-3-17-12-16-14(2)11-15(20-16)13-19-10-9-18-7-5-4-6-8-18/h11,17H,3-10,12-13H2,1-2H3. The van der Waals surface area contributed by atoms with Crippen molar-refractivity contribution in [1.29, 1.82) is 0 Å². The number of likely N-dealkylation sites (tertiary alicyclic amines) is 1. The third-order valence-electron chi connectivity index (χ3n) is 3.85. The quantitative estimate of drug-likeness (QED) is 0.743. The lowest BCUT2D eigenvalue weighted by atomic mass is 10.1. The van der Waals surface area contributed by atoms with Crippen LogP contribution in [0.1, 0.15) is 43.3 Å². The summed E-state index contributed by atoms with van der Waals surface area (Å²) < 4.78 is 11.5. The molecule has 1 saturated heterocycles. The van der Waals surface area contributed by atoms with Crippen LogP contribution in [-0.4, -0.2) is 37.7 Å². The number of nitrogens with zero attached hydrogens (tertiary/aromatic N) is 1. The molecule has 2 rings (SSSR count). The highest BCUT2D eigenvalue weighted by molar-refractivity contribution is 5.19. The minimum absolute atomic E-state index is 0.584. The van der Waals surface area contributed by atoms with Gasteiger partial charge in [-0.25, -0.2) is 0 Å². The van der Waals surface area contributed by atoms with Crippen molar-refractivity contribution in [1.82, 2.24) is 10.2 Å². The molecule has 0 atom stereocenters. The van der Waals surface area contributed by atoms with E-state index in [0.29, 0.717) is 6.61 Å². The molecule has 1 aliphatic rings. The van der Waals surface area contributed by atoms with E-state index in [1.165, 1.54) is 37.9 Å². The Morgan fingerprint density at radius 2 is 2.10 bits per heavy atom. The van der Waals surface area contributed by atoms with Gasteiger partial charge in [-0.15, -0.1) is 0 Å². The molecule has 0 amide bonds. The summed E-state index contributed by atoms with van der Waals surface area (Å²) in [7, 11) is 0. The minimum atomic E-state index is 0.584. The largest absolute Gasteiger partial charge is 0.462 e. The second kappa shape index (κ2) is 8.45. The van der Waals surface area contributed by atoms with Crippen LogP contribution in [-0.2, 0) is 17.9 Å². The summed E-state index contributed by atoms with van der Waals surface area (Å²) in [6.45, 7) is 10.8. The normalized spacial score (nSPS) is 16.7. The van der Waals surface area contributed by atoms with Gasteiger partial charge in [0.05, 0.1) is 13.2 Å². The van der Waals surface area contributed by atoms with Crippen molar-refractivity contribution >= 4 is 0 Å². The summed E-state index contributed by atoms with van der Waals surface area (Å²) in [6, 6.07) is 2.09. The van der Waals surface area contributed by atoms with Gasteiger partial charge in [0, 0.05) is 6.54 Å². The Balaban J connectivity index is 1.65. The Kier molecular flexibility index (Phi) is 6.57. The molecule has 1 aromatic heterocycles. The molecule has 2 heterocycles. The lowest BCUT2D eigenvalue weighted by Gasteiger charge is -2.25. The zero-order chi connectivity index (χ0) is 14.2. The Morgan fingerprint density at radius 3 is 2.85 bits per heavy atom. The van der Waals surface area contributed by atoms with E-state index in [1.54, 1.807) is 0 Å². The SMILES string of the molecule is CCNCc1oc(COCCN2CCCCC2)cc1C. The Bertz CT molecular complexity index is 384. The van der Waals surface area contributed by atoms with Gasteiger partial charge < -0.3 is 19.4 Å². The number of aryl methyl sites for hydroxylation is 1. The molecule has 114 valence electrons. The summed E-state index contributed by atoms with van der Waals surface area (Å²) >= 11 is 0. The average molecular weight is 280 g/mol. The van der Waals surface area contributed by atoms with Gasteiger partial charge in [0.1, 0.15) is 18.1 Å². The molecule has 0 unspecified atom stereocenters. The fourth-order valence-electron chi connectivity index (χ4n) is 2.62. The minimum Gasteiger partial charge on any atom is -0.462 e. The first-order valence-electron chi connectivity index (χ1n) is 7.88. The predicted octanol–water partition coefficient (Wildman–Crippen LogP) is 2.70. The van der Waals surface area contributed by atoms with Crippen molar-refractivity contribution in [3.8, 4) is 0 Å². The molecule has 1 aliphatic heterocycles. The van der Waals surface area contributed by atoms with Crippen molar-refractivity contribution in [2.75, 3.05) is 32.8 Å². The summed E-state index contributed by atoms with van der Waals surface area (Å²) in [5.74, 6) is 1.97. The summed E-state index contributed by atoms with van der Waals surface area (Å²) in [5, 5.41) is 3.29. The topological polar surface area (TPSA) is 37.6 Å². The zero-order valence-electron chi connectivity index (χ0n) is 12.9. The molecule has 1 N–H and O–H groups in total. The molecule has 4 nitrogen and oxygen atoms in total. The van der Waals surface area contributed by atoms with E-state index in [2.05, 4.69) is 30.1 Å². The maximum absolute atomic E-state index is 5.81. The first-order valence-corrected chi connectivity index (χ1v) is 7.88. The third kappa shape index (κ3) is 4.93. The van der Waals surface area contributed by atoms with Crippen LogP contribution in [0.4, 0.5) is 0 Å². The van der Waals surface area contributed by atoms with Crippen LogP contribution < -0.4 is 5.32 Å². The van der Waals surface area contributed by atoms with Crippen LogP contribution in [0.25, 0.3) is 0 Å². The fraction of sp³-hybridized carbons (Fsp3) is 0.750. The van der Waals surface area contributed by atoms with Gasteiger partial charge in [-0.05, 0) is 51.0 Å². The molecular formula is C16H28N2O2. The highest BCUT2D eigenvalue weighted by atomic mass is 16.5. The maximum atomic E-state index is 5.81. The maximum Gasteiger partial charge on any atom is 0.130 e. The van der Waals surface area contributed by atoms with Gasteiger partial charge in [-0.2, -0.15) is 0 Å². The van der Waals surface area contributed by atoms with Crippen LogP contribution in [0, 0.1) is 6.92 Å². The number of furan rings is 1. The zero-order valence-corrected chi connectivity index (χ0v) is 12.9. The summed E-state index contributed by atoms with van der Waals surface area (Å²) in [5.41, 5.74) is 1.21. The molecule has 4 heteroatoms. The molecule has 20 heavy (non-hydrogen) atoms. The predicted molar refractivity (Wildman–Crippen MR) is 80.8 cm³/mol. The van der Waals surface area contributed by atoms with E-state index in [-0.39, 0.29) is 0 Å². The van der Waals surface area contributed by atoms with Crippen molar-refractivity contribution < 1.29 is 9.15 Å². The number of hydrogen-bond donors (Lipinski definition) is 1. The summed E-state index contributed by atoms with van der Waals surface area (Å²) in [6.07, 6.45) is 4.06. The highest BCUT2D eigenvalue weighted by Crippen LogP contribution is 2.15. The number of hydrogen-bond acceptors (Lipinski definition) is 4. The van der Waals surface area contributed by atoms with E-state index in [9.17, 15) is 0 Å². The van der Waals surface area contributed by atoms with E-state index >= 15 is 0 Å². The highest BCUT2D eigenvalue weighted by Gasteiger charge is 2.10. The van der Waals surface area contributed by atoms with Crippen LogP contribution >= 0.6 is 0 Å². The van der Waals surface area contributed by atoms with Crippen molar-refractivity contribution in [3.05, 3.63) is 23.2 Å². The van der Waals surface area contributed by atoms with Crippen molar-refractivity contribution in [3.63, 3.8) is 0 Å². The monoisotopic (exact) mass is 280 g/mol. The lowest BCUT2D eigenvalue weighted by Crippen LogP contribution is -2.32. The second-order valence-electron chi connectivity index (χ2n) is 5.55. The molecule has 0 spiro atoms. The summed E-state index contributed by atoms with van der Waals surface area (Å²) in [4.78, 5) is 2.49. The molecule has 0 bridgehead atoms. The number of nitrogens with one attached hydrogen (secondary N) is 1. The van der Waals surface area contributed by atoms with Crippen molar-refractivity contribution in [2.45, 2.75) is 46.3 Å². The molecule has 1 fully saturated rings. The molecule has 0 aromatic carbocycles. The molecule has 0 aliphatic carbocycles. The van der Waals surface area contributed by atoms with Gasteiger partial charge in [0.15, 0.2) is 0 Å². The Hall–Kier alpha value is -0.840. The van der Waals surface area contributed by atoms with Crippen LogP contribution in [0.2, 0.25) is 0 Å². The average Bonchev–Trinajstić information content (AvgIpc) is 2.83. The molecule has 0 saturated carbocycles. The van der Waals surface area contributed by atoms with Gasteiger partial charge in [0.25, 0.3) is 0 Å². The number of rotatable bonds is 8. The second-order valence-corrected chi connectivity index (χ2v) is 5.55. The first kappa shape index (κ1) is 15.5. The van der Waals surface area contributed by atoms with Gasteiger partial charge >= 0.3 is 0 Å². The molecular weight excluding hydrogens is 252 g/mol. The van der Waals surface area contributed by atoms with E-state index in [0.717, 1.165) is 37.8 Å². The molecule has 1 aromatic rings. The van der Waals surface area contributed by atoms with Gasteiger partial charge in [-0.1, -0.05) is 13.3 Å². The first-order chi connectivity index (χ1) is 9.79. The lowest BCUT2D eigenvalue weighted by molar-refractivity contribution is 0.0758. The smallest absolute Gasteiger partial charge is 0.130 e. The van der Waals surface area contributed by atoms with Gasteiger partial charge in [-0.3, -0.25) is 0 Å². The fourth-order valence-corrected chi connectivity index (χ4v) is 2.62. The van der Waals surface area contributed by atoms with Crippen LogP contribution in [0.15, 0.2) is 10.5 Å². The Labute approximate surface area is 122 Å². The van der Waals surface area contributed by atoms with E-state index in [1.807, 2.05) is 0 Å². The van der Waals surface area contributed by atoms with Gasteiger partial charge in [0.2, 0.25) is 0 Å². The Morgan fingerprint density at radius 1 is 1.30 bits per heavy atom. The van der Waals surface area contributed by atoms with Crippen molar-refractivity contribution in [2.24, 2.45) is 0 Å². The van der Waals surface area contributed by atoms with Crippen LogP contribution in [0.3, 0.4) is 0 Å². The molecule has 0 radical (unpaired) electrons. The van der Waals surface area contributed by atoms with Crippen LogP contribution in [0.5, 0.6) is 0 Å².